The Morgan fingerprint density at radius 3 is 1.07 bits per heavy atom. The molecule has 372 valence electrons. The Morgan fingerprint density at radius 2 is 0.726 bits per heavy atom. The number of halogens is 15. The van der Waals surface area contributed by atoms with Crippen molar-refractivity contribution in [3.8, 4) is 0 Å². The maximum absolute atomic E-state index is 15.7. The molecule has 4 aliphatic heterocycles. The van der Waals surface area contributed by atoms with E-state index in [-0.39, 0.29) is 29.3 Å². The number of hydrogen-bond donors (Lipinski definition) is 0. The molecule has 0 saturated carbocycles. The summed E-state index contributed by atoms with van der Waals surface area (Å²) in [5.74, 6) is -38.3. The number of pyridine rings is 2. The number of rotatable bonds is 3. The third-order valence-electron chi connectivity index (χ3n) is 10.7. The first-order valence-electron chi connectivity index (χ1n) is 20.1. The quantitative estimate of drug-likeness (QED) is 0.0768. The standard InChI is InChI=1S/C39H12F15N4O2.2C5H5N.Co/c40-23-20(24(41)30(47)35(52)29(23)46)17-11-1-3-13(55-11)18(21-25(42)31(48)36(53)32(49)26(21)43)38-9(7-59)5-15(57-38)16-6-10(8-60)39(58-16)19(14-4-2-12(17)56-14)22-27(44)33(50)37(54)34(51)28(22)45;2*1-2-4-6-5-3-1;/h1,3,5-8H,2,4H2,(H2-,55,56,57,58,59,60);2*1-5H;/q-1;;;+3/p-2. The van der Waals surface area contributed by atoms with Crippen molar-refractivity contribution in [1.29, 1.82) is 0 Å². The molecule has 0 radical (unpaired) electrons. The number of benzene rings is 3. The van der Waals surface area contributed by atoms with Gasteiger partial charge >= 0.3 is 16.8 Å². The molecule has 24 heteroatoms. The summed E-state index contributed by atoms with van der Waals surface area (Å²) >= 11 is 0. The molecular weight excluding hydrogens is 1050 g/mol. The van der Waals surface area contributed by atoms with E-state index in [9.17, 15) is 49.7 Å². The van der Waals surface area contributed by atoms with Gasteiger partial charge in [-0.05, 0) is 71.6 Å². The fourth-order valence-electron chi connectivity index (χ4n) is 7.51. The van der Waals surface area contributed by atoms with E-state index in [0.29, 0.717) is 12.1 Å². The molecule has 0 N–H and O–H groups in total. The fourth-order valence-corrected chi connectivity index (χ4v) is 7.51. The zero-order chi connectivity index (χ0) is 51.9. The topological polar surface area (TPSA) is 123 Å². The first-order chi connectivity index (χ1) is 34.4. The Hall–Kier alpha value is -8.25. The molecule has 8 nitrogen and oxygen atoms in total. The third-order valence-corrected chi connectivity index (χ3v) is 10.7. The van der Waals surface area contributed by atoms with Crippen molar-refractivity contribution in [3.05, 3.63) is 241 Å². The van der Waals surface area contributed by atoms with Gasteiger partial charge in [-0.3, -0.25) is 15.0 Å². The molecule has 6 aromatic rings. The molecule has 3 aromatic carbocycles. The summed E-state index contributed by atoms with van der Waals surface area (Å²) in [6.45, 7) is 0. The molecule has 0 saturated heterocycles. The Balaban J connectivity index is 0.000000527. The van der Waals surface area contributed by atoms with Crippen LogP contribution >= 0.6 is 0 Å². The maximum Gasteiger partial charge on any atom is 3.00 e. The molecule has 0 aliphatic carbocycles. The number of hydrogen-bond acceptors (Lipinski definition) is 7. The van der Waals surface area contributed by atoms with Crippen LogP contribution in [0.4, 0.5) is 65.9 Å². The van der Waals surface area contributed by atoms with Gasteiger partial charge in [0.25, 0.3) is 0 Å². The van der Waals surface area contributed by atoms with Crippen LogP contribution < -0.4 is 25.9 Å². The van der Waals surface area contributed by atoms with Gasteiger partial charge in [0, 0.05) is 36.1 Å². The summed E-state index contributed by atoms with van der Waals surface area (Å²) in [5.41, 5.74) is -15.0. The maximum atomic E-state index is 15.7. The number of allylic oxidation sites excluding steroid dienone is 6. The van der Waals surface area contributed by atoms with Gasteiger partial charge in [0.1, 0.15) is 0 Å². The summed E-state index contributed by atoms with van der Waals surface area (Å²) in [4.78, 5) is 23.7. The normalized spacial score (nSPS) is 15.8. The van der Waals surface area contributed by atoms with Crippen molar-refractivity contribution in [2.75, 3.05) is 0 Å². The molecule has 73 heavy (non-hydrogen) atoms. The smallest absolute Gasteiger partial charge is 0.877 e. The van der Waals surface area contributed by atoms with E-state index in [0.717, 1.165) is 12.2 Å². The number of fused-ring (bicyclic) bond motifs is 6. The second kappa shape index (κ2) is 21.2. The fraction of sp³-hybridized carbons (Fsp3) is 0.0408. The molecule has 0 fully saturated rings. The molecule has 0 spiro atoms. The van der Waals surface area contributed by atoms with Gasteiger partial charge in [0.05, 0.1) is 45.2 Å². The van der Waals surface area contributed by atoms with Crippen molar-refractivity contribution in [3.63, 3.8) is 0 Å². The van der Waals surface area contributed by atoms with Gasteiger partial charge in [-0.2, -0.15) is 0 Å². The predicted octanol–water partition coefficient (Wildman–Crippen LogP) is 8.11. The van der Waals surface area contributed by atoms with Crippen molar-refractivity contribution in [2.24, 2.45) is 15.0 Å². The van der Waals surface area contributed by atoms with E-state index < -0.39 is 190 Å². The second-order valence-corrected chi connectivity index (χ2v) is 14.9. The van der Waals surface area contributed by atoms with Crippen LogP contribution in [-0.4, -0.2) is 27.1 Å². The largest absolute Gasteiger partial charge is 3.00 e. The molecule has 0 atom stereocenters. The molecular formula is C49H20CoF15N6O2. The van der Waals surface area contributed by atoms with Crippen LogP contribution in [0.15, 0.2) is 141 Å². The summed E-state index contributed by atoms with van der Waals surface area (Å²) in [5, 5.41) is 23.1. The summed E-state index contributed by atoms with van der Waals surface area (Å²) in [7, 11) is 0. The minimum absolute atomic E-state index is 0. The third kappa shape index (κ3) is 9.29. The molecule has 8 bridgehead atoms. The number of aromatic nitrogens is 3. The van der Waals surface area contributed by atoms with Gasteiger partial charge in [0.15, 0.2) is 69.8 Å². The first kappa shape index (κ1) is 52.6. The van der Waals surface area contributed by atoms with E-state index in [2.05, 4.69) is 29.9 Å². The summed E-state index contributed by atoms with van der Waals surface area (Å²) in [6, 6.07) is 12.8. The van der Waals surface area contributed by atoms with E-state index in [4.69, 9.17) is 0 Å². The van der Waals surface area contributed by atoms with Gasteiger partial charge in [-0.15, -0.1) is 23.2 Å². The number of aliphatic imine (C=N–C) groups is 3. The van der Waals surface area contributed by atoms with E-state index in [1.54, 1.807) is 24.8 Å². The molecule has 7 heterocycles. The van der Waals surface area contributed by atoms with Crippen LogP contribution in [0.2, 0.25) is 0 Å². The molecule has 3 aromatic heterocycles. The van der Waals surface area contributed by atoms with Crippen molar-refractivity contribution < 1.29 is 92.8 Å². The van der Waals surface area contributed by atoms with Crippen LogP contribution in [0.1, 0.15) is 29.5 Å². The minimum Gasteiger partial charge on any atom is -0.877 e. The van der Waals surface area contributed by atoms with Gasteiger partial charge in [0.2, 0.25) is 17.5 Å². The van der Waals surface area contributed by atoms with Crippen LogP contribution in [0.25, 0.3) is 16.7 Å². The van der Waals surface area contributed by atoms with E-state index in [1.807, 2.05) is 36.4 Å². The van der Waals surface area contributed by atoms with Crippen molar-refractivity contribution in [2.45, 2.75) is 12.8 Å². The monoisotopic (exact) mass is 1070 g/mol. The molecule has 4 aliphatic rings. The van der Waals surface area contributed by atoms with Crippen LogP contribution in [0.3, 0.4) is 0 Å². The van der Waals surface area contributed by atoms with Crippen molar-refractivity contribution >= 4 is 33.9 Å². The Bertz CT molecular complexity index is 3490. The van der Waals surface area contributed by atoms with Crippen LogP contribution in [-0.2, 0) is 16.8 Å². The average Bonchev–Trinajstić information content (AvgIpc) is 4.25. The predicted molar refractivity (Wildman–Crippen MR) is 222 cm³/mol. The minimum atomic E-state index is -2.66. The van der Waals surface area contributed by atoms with E-state index >= 15 is 26.3 Å². The molecule has 0 unspecified atom stereocenters. The van der Waals surface area contributed by atoms with Gasteiger partial charge in [-0.25, -0.2) is 75.8 Å². The zero-order valence-corrected chi connectivity index (χ0v) is 36.7. The van der Waals surface area contributed by atoms with Crippen LogP contribution in [0, 0.1) is 87.3 Å². The molecule has 10 rings (SSSR count). The molecule has 0 amide bonds. The summed E-state index contributed by atoms with van der Waals surface area (Å²) < 4.78 is 225. The second-order valence-electron chi connectivity index (χ2n) is 14.9. The number of nitrogens with zero attached hydrogens (tertiary/aromatic N) is 6. The Morgan fingerprint density at radius 1 is 0.397 bits per heavy atom. The SMILES string of the molecule is [Co+3].[O-]/C=C1/C=C2N=C1C(c1c(F)c(F)c(F)c(F)c1F)=c1ccc([n-]1)=C(c1c(F)c(F)c(F)c(F)c1F)C1=NC(=C(c3c(F)c(F)c(F)c(F)c3F)C3=NC2=C/C3=C\[O-])CC1.c1ccncc1.c1ccncc1. The van der Waals surface area contributed by atoms with Crippen LogP contribution in [0.5, 0.6) is 0 Å². The first-order valence-corrected chi connectivity index (χ1v) is 20.1. The van der Waals surface area contributed by atoms with Gasteiger partial charge in [-0.1, -0.05) is 24.3 Å². The summed E-state index contributed by atoms with van der Waals surface area (Å²) in [6.07, 6.45) is 6.98. The average molecular weight is 1070 g/mol. The Labute approximate surface area is 409 Å². The van der Waals surface area contributed by atoms with E-state index in [1.165, 1.54) is 0 Å². The van der Waals surface area contributed by atoms with Crippen molar-refractivity contribution in [1.82, 2.24) is 15.0 Å². The van der Waals surface area contributed by atoms with Gasteiger partial charge < -0.3 is 15.2 Å². The Kier molecular flexibility index (Phi) is 15.3. The zero-order valence-electron chi connectivity index (χ0n) is 35.7.